The van der Waals surface area contributed by atoms with Crippen molar-refractivity contribution in [3.8, 4) is 5.75 Å². The van der Waals surface area contributed by atoms with Crippen molar-refractivity contribution in [2.45, 2.75) is 70.3 Å². The van der Waals surface area contributed by atoms with Crippen LogP contribution in [0, 0.1) is 12.8 Å². The van der Waals surface area contributed by atoms with Crippen LogP contribution in [0.5, 0.6) is 5.75 Å². The van der Waals surface area contributed by atoms with E-state index in [0.29, 0.717) is 49.1 Å². The second-order valence-electron chi connectivity index (χ2n) is 8.47. The molecule has 1 amide bonds. The molecule has 4 nitrogen and oxygen atoms in total. The molecule has 4 heteroatoms. The number of carbonyl (C=O) groups excluding carboxylic acids is 2. The van der Waals surface area contributed by atoms with Crippen LogP contribution in [0.25, 0.3) is 0 Å². The van der Waals surface area contributed by atoms with Gasteiger partial charge in [0.15, 0.2) is 5.78 Å². The van der Waals surface area contributed by atoms with Gasteiger partial charge in [-0.05, 0) is 37.8 Å². The summed E-state index contributed by atoms with van der Waals surface area (Å²) in [7, 11) is 0. The highest BCUT2D eigenvalue weighted by molar-refractivity contribution is 6.00. The number of benzene rings is 1. The maximum atomic E-state index is 12.7. The van der Waals surface area contributed by atoms with Gasteiger partial charge in [0.25, 0.3) is 0 Å². The van der Waals surface area contributed by atoms with Crippen LogP contribution in [0.1, 0.15) is 73.7 Å². The van der Waals surface area contributed by atoms with Crippen molar-refractivity contribution < 1.29 is 14.3 Å². The summed E-state index contributed by atoms with van der Waals surface area (Å²) >= 11 is 0. The Morgan fingerprint density at radius 3 is 2.65 bits per heavy atom. The zero-order valence-electron chi connectivity index (χ0n) is 15.8. The van der Waals surface area contributed by atoms with Crippen LogP contribution in [0.4, 0.5) is 0 Å². The van der Waals surface area contributed by atoms with Crippen LogP contribution in [-0.2, 0) is 4.79 Å². The largest absolute Gasteiger partial charge is 0.486 e. The summed E-state index contributed by atoms with van der Waals surface area (Å²) in [4.78, 5) is 27.3. The van der Waals surface area contributed by atoms with Crippen molar-refractivity contribution in [2.24, 2.45) is 5.92 Å². The van der Waals surface area contributed by atoms with E-state index in [1.54, 1.807) is 0 Å². The number of carbonyl (C=O) groups is 2. The standard InChI is InChI=1S/C22H29NO3/c1-16-7-8-20-18(13-16)19(24)15-22(26-20)9-11-23(12-10-22)21(25)14-17-5-3-2-4-6-17/h7-8,13,17H,2-6,9-12,14-15H2,1H3. The maximum absolute atomic E-state index is 12.7. The molecule has 140 valence electrons. The average Bonchev–Trinajstić information content (AvgIpc) is 2.64. The van der Waals surface area contributed by atoms with Crippen molar-refractivity contribution in [1.29, 1.82) is 0 Å². The van der Waals surface area contributed by atoms with Crippen molar-refractivity contribution in [3.63, 3.8) is 0 Å². The van der Waals surface area contributed by atoms with Crippen molar-refractivity contribution >= 4 is 11.7 Å². The van der Waals surface area contributed by atoms with Gasteiger partial charge in [0.05, 0.1) is 12.0 Å². The Morgan fingerprint density at radius 2 is 1.92 bits per heavy atom. The Morgan fingerprint density at radius 1 is 1.19 bits per heavy atom. The minimum atomic E-state index is -0.416. The highest BCUT2D eigenvalue weighted by Gasteiger charge is 2.43. The van der Waals surface area contributed by atoms with Gasteiger partial charge in [-0.1, -0.05) is 30.9 Å². The van der Waals surface area contributed by atoms with Crippen molar-refractivity contribution in [3.05, 3.63) is 29.3 Å². The minimum absolute atomic E-state index is 0.178. The Bertz CT molecular complexity index is 697. The molecule has 26 heavy (non-hydrogen) atoms. The molecule has 0 N–H and O–H groups in total. The third-order valence-electron chi connectivity index (χ3n) is 6.46. The van der Waals surface area contributed by atoms with Gasteiger partial charge in [0.1, 0.15) is 11.4 Å². The average molecular weight is 355 g/mol. The highest BCUT2D eigenvalue weighted by atomic mass is 16.5. The zero-order valence-corrected chi connectivity index (χ0v) is 15.8. The summed E-state index contributed by atoms with van der Waals surface area (Å²) in [6.07, 6.45) is 8.93. The van der Waals surface area contributed by atoms with Crippen molar-refractivity contribution in [2.75, 3.05) is 13.1 Å². The molecule has 0 aromatic heterocycles. The predicted octanol–water partition coefficient (Wildman–Crippen LogP) is 4.29. The molecule has 0 bridgehead atoms. The van der Waals surface area contributed by atoms with Crippen LogP contribution in [0.15, 0.2) is 18.2 Å². The molecule has 1 saturated heterocycles. The summed E-state index contributed by atoms with van der Waals surface area (Å²) in [5.74, 6) is 1.77. The lowest BCUT2D eigenvalue weighted by atomic mass is 9.81. The van der Waals surface area contributed by atoms with Gasteiger partial charge in [0.2, 0.25) is 5.91 Å². The molecule has 0 radical (unpaired) electrons. The number of piperidine rings is 1. The fourth-order valence-electron chi connectivity index (χ4n) is 4.82. The molecule has 2 aliphatic heterocycles. The smallest absolute Gasteiger partial charge is 0.222 e. The van der Waals surface area contributed by atoms with Gasteiger partial charge < -0.3 is 9.64 Å². The Hall–Kier alpha value is -1.84. The van der Waals surface area contributed by atoms with E-state index >= 15 is 0 Å². The molecule has 1 aromatic carbocycles. The Labute approximate surface area is 155 Å². The molecule has 1 aromatic rings. The molecule has 1 saturated carbocycles. The minimum Gasteiger partial charge on any atom is -0.486 e. The van der Waals surface area contributed by atoms with E-state index in [1.165, 1.54) is 32.1 Å². The van der Waals surface area contributed by atoms with Crippen molar-refractivity contribution in [1.82, 2.24) is 4.90 Å². The molecule has 0 atom stereocenters. The van der Waals surface area contributed by atoms with Crippen LogP contribution in [0.2, 0.25) is 0 Å². The Balaban J connectivity index is 1.38. The molecular formula is C22H29NO3. The highest BCUT2D eigenvalue weighted by Crippen LogP contribution is 2.40. The first-order valence-electron chi connectivity index (χ1n) is 10.2. The number of rotatable bonds is 2. The van der Waals surface area contributed by atoms with Crippen LogP contribution >= 0.6 is 0 Å². The van der Waals surface area contributed by atoms with E-state index in [-0.39, 0.29) is 5.78 Å². The lowest BCUT2D eigenvalue weighted by molar-refractivity contribution is -0.136. The molecule has 2 heterocycles. The SMILES string of the molecule is Cc1ccc2c(c1)C(=O)CC1(CCN(C(=O)CC3CCCCC3)CC1)O2. The molecule has 0 unspecified atom stereocenters. The zero-order chi connectivity index (χ0) is 18.1. The summed E-state index contributed by atoms with van der Waals surface area (Å²) in [5.41, 5.74) is 1.38. The second-order valence-corrected chi connectivity index (χ2v) is 8.47. The fourth-order valence-corrected chi connectivity index (χ4v) is 4.82. The normalized spacial score (nSPS) is 22.8. The van der Waals surface area contributed by atoms with E-state index in [2.05, 4.69) is 0 Å². The number of ketones is 1. The monoisotopic (exact) mass is 355 g/mol. The van der Waals surface area contributed by atoms with Gasteiger partial charge in [-0.3, -0.25) is 9.59 Å². The van der Waals surface area contributed by atoms with Gasteiger partial charge in [-0.2, -0.15) is 0 Å². The van der Waals surface area contributed by atoms with Gasteiger partial charge >= 0.3 is 0 Å². The Kier molecular flexibility index (Phi) is 4.76. The quantitative estimate of drug-likeness (QED) is 0.795. The number of likely N-dealkylation sites (tertiary alicyclic amines) is 1. The third kappa shape index (κ3) is 3.51. The van der Waals surface area contributed by atoms with Crippen LogP contribution in [-0.4, -0.2) is 35.3 Å². The fraction of sp³-hybridized carbons (Fsp3) is 0.636. The lowest BCUT2D eigenvalue weighted by Crippen LogP contribution is -2.52. The summed E-state index contributed by atoms with van der Waals surface area (Å²) < 4.78 is 6.31. The summed E-state index contributed by atoms with van der Waals surface area (Å²) in [6.45, 7) is 3.41. The number of hydrogen-bond donors (Lipinski definition) is 0. The van der Waals surface area contributed by atoms with Gasteiger partial charge in [-0.15, -0.1) is 0 Å². The van der Waals surface area contributed by atoms with E-state index in [0.717, 1.165) is 18.4 Å². The third-order valence-corrected chi connectivity index (χ3v) is 6.46. The number of amides is 1. The number of hydrogen-bond acceptors (Lipinski definition) is 3. The lowest BCUT2D eigenvalue weighted by Gasteiger charge is -2.44. The predicted molar refractivity (Wildman–Crippen MR) is 100 cm³/mol. The molecule has 3 aliphatic rings. The topological polar surface area (TPSA) is 46.6 Å². The second kappa shape index (κ2) is 7.05. The van der Waals surface area contributed by atoms with E-state index < -0.39 is 5.60 Å². The van der Waals surface area contributed by atoms with Crippen LogP contribution in [0.3, 0.4) is 0 Å². The van der Waals surface area contributed by atoms with E-state index in [9.17, 15) is 9.59 Å². The first-order chi connectivity index (χ1) is 12.5. The molecule has 1 aliphatic carbocycles. The first kappa shape index (κ1) is 17.6. The van der Waals surface area contributed by atoms with Crippen LogP contribution < -0.4 is 4.74 Å². The number of ether oxygens (including phenoxy) is 1. The first-order valence-corrected chi connectivity index (χ1v) is 10.2. The number of Topliss-reactive ketones (excluding diaryl/α,β-unsaturated/α-hetero) is 1. The number of aryl methyl sites for hydroxylation is 1. The number of fused-ring (bicyclic) bond motifs is 1. The maximum Gasteiger partial charge on any atom is 0.222 e. The van der Waals surface area contributed by atoms with Gasteiger partial charge in [-0.25, -0.2) is 0 Å². The van der Waals surface area contributed by atoms with Gasteiger partial charge in [0, 0.05) is 32.4 Å². The number of nitrogens with zero attached hydrogens (tertiary/aromatic N) is 1. The van der Waals surface area contributed by atoms with E-state index in [1.807, 2.05) is 30.0 Å². The summed E-state index contributed by atoms with van der Waals surface area (Å²) in [5, 5.41) is 0. The molecule has 2 fully saturated rings. The summed E-state index contributed by atoms with van der Waals surface area (Å²) in [6, 6.07) is 5.84. The molecule has 4 rings (SSSR count). The molecule has 1 spiro atoms. The molecular weight excluding hydrogens is 326 g/mol. The van der Waals surface area contributed by atoms with E-state index in [4.69, 9.17) is 4.74 Å².